The van der Waals surface area contributed by atoms with Gasteiger partial charge in [-0.25, -0.2) is 4.79 Å². The van der Waals surface area contributed by atoms with Crippen molar-refractivity contribution in [3.63, 3.8) is 0 Å². The number of para-hydroxylation sites is 1. The van der Waals surface area contributed by atoms with E-state index in [1.807, 2.05) is 31.3 Å². The minimum atomic E-state index is -0.493. The highest BCUT2D eigenvalue weighted by atomic mass is 35.5. The van der Waals surface area contributed by atoms with Gasteiger partial charge in [-0.15, -0.1) is 0 Å². The zero-order chi connectivity index (χ0) is 19.7. The zero-order valence-electron chi connectivity index (χ0n) is 15.4. The first kappa shape index (κ1) is 18.6. The third-order valence-electron chi connectivity index (χ3n) is 4.94. The average Bonchev–Trinajstić information content (AvgIpc) is 2.70. The molecule has 4 rings (SSSR count). The summed E-state index contributed by atoms with van der Waals surface area (Å²) >= 11 is 5.85. The predicted molar refractivity (Wildman–Crippen MR) is 108 cm³/mol. The number of hydrogen-bond donors (Lipinski definition) is 0. The summed E-state index contributed by atoms with van der Waals surface area (Å²) in [5, 5.41) is 1.30. The Morgan fingerprint density at radius 3 is 2.68 bits per heavy atom. The number of rotatable bonds is 4. The van der Waals surface area contributed by atoms with E-state index in [1.165, 1.54) is 0 Å². The van der Waals surface area contributed by atoms with Gasteiger partial charge in [0.05, 0.1) is 11.1 Å². The largest absolute Gasteiger partial charge is 0.454 e. The number of ketones is 1. The van der Waals surface area contributed by atoms with E-state index in [2.05, 4.69) is 4.90 Å². The third kappa shape index (κ3) is 3.63. The van der Waals surface area contributed by atoms with Crippen molar-refractivity contribution in [2.24, 2.45) is 0 Å². The highest BCUT2D eigenvalue weighted by Crippen LogP contribution is 2.28. The summed E-state index contributed by atoms with van der Waals surface area (Å²) in [5.41, 5.74) is 3.54. The summed E-state index contributed by atoms with van der Waals surface area (Å²) < 4.78 is 5.42. The maximum Gasteiger partial charge on any atom is 0.339 e. The van der Waals surface area contributed by atoms with Gasteiger partial charge in [0.2, 0.25) is 0 Å². The van der Waals surface area contributed by atoms with Crippen LogP contribution in [0.15, 0.2) is 48.5 Å². The smallest absolute Gasteiger partial charge is 0.339 e. The number of fused-ring (bicyclic) bond motifs is 2. The molecule has 1 aliphatic heterocycles. The van der Waals surface area contributed by atoms with Crippen LogP contribution in [0.25, 0.3) is 10.9 Å². The van der Waals surface area contributed by atoms with Crippen LogP contribution >= 0.6 is 11.6 Å². The van der Waals surface area contributed by atoms with Gasteiger partial charge in [0.1, 0.15) is 0 Å². The number of aromatic nitrogens is 1. The van der Waals surface area contributed by atoms with E-state index in [9.17, 15) is 9.59 Å². The van der Waals surface area contributed by atoms with Crippen molar-refractivity contribution in [2.45, 2.75) is 13.0 Å². The van der Waals surface area contributed by atoms with Crippen molar-refractivity contribution in [3.05, 3.63) is 75.9 Å². The zero-order valence-corrected chi connectivity index (χ0v) is 16.2. The molecule has 1 aliphatic rings. The van der Waals surface area contributed by atoms with Gasteiger partial charge in [0.25, 0.3) is 0 Å². The summed E-state index contributed by atoms with van der Waals surface area (Å²) in [6.45, 7) is 1.20. The molecular weight excluding hydrogens is 376 g/mol. The molecule has 0 amide bonds. The van der Waals surface area contributed by atoms with Crippen molar-refractivity contribution in [3.8, 4) is 0 Å². The van der Waals surface area contributed by atoms with Gasteiger partial charge < -0.3 is 9.64 Å². The Balaban J connectivity index is 1.64. The Hall–Kier alpha value is -2.76. The molecule has 0 spiro atoms. The van der Waals surface area contributed by atoms with Gasteiger partial charge in [0, 0.05) is 46.7 Å². The normalized spacial score (nSPS) is 13.9. The number of halogens is 1. The molecule has 5 nitrogen and oxygen atoms in total. The van der Waals surface area contributed by atoms with Crippen molar-refractivity contribution in [2.75, 3.05) is 20.2 Å². The van der Waals surface area contributed by atoms with E-state index in [1.54, 1.807) is 24.3 Å². The third-order valence-corrected chi connectivity index (χ3v) is 5.19. The quantitative estimate of drug-likeness (QED) is 0.496. The lowest BCUT2D eigenvalue weighted by molar-refractivity contribution is 0.0474. The van der Waals surface area contributed by atoms with E-state index in [4.69, 9.17) is 21.3 Å². The van der Waals surface area contributed by atoms with Crippen LogP contribution in [-0.2, 0) is 17.7 Å². The number of hydrogen-bond acceptors (Lipinski definition) is 5. The number of Topliss-reactive ketones (excluding diaryl/α,β-unsaturated/α-hetero) is 1. The number of carbonyl (C=O) groups is 2. The number of carbonyl (C=O) groups excluding carboxylic acids is 2. The summed E-state index contributed by atoms with van der Waals surface area (Å²) in [5.74, 6) is -0.762. The molecule has 2 heterocycles. The average molecular weight is 395 g/mol. The minimum Gasteiger partial charge on any atom is -0.454 e. The second kappa shape index (κ2) is 7.70. The second-order valence-corrected chi connectivity index (χ2v) is 7.36. The molecule has 0 fully saturated rings. The maximum absolute atomic E-state index is 13.0. The Labute approximate surface area is 167 Å². The summed E-state index contributed by atoms with van der Waals surface area (Å²) in [6.07, 6.45) is 0.778. The Morgan fingerprint density at radius 2 is 1.89 bits per heavy atom. The molecule has 0 bridgehead atoms. The van der Waals surface area contributed by atoms with Crippen molar-refractivity contribution in [1.29, 1.82) is 0 Å². The van der Waals surface area contributed by atoms with Crippen molar-refractivity contribution in [1.82, 2.24) is 9.88 Å². The monoisotopic (exact) mass is 394 g/mol. The summed E-state index contributed by atoms with van der Waals surface area (Å²) in [6, 6.07) is 14.1. The first-order chi connectivity index (χ1) is 13.5. The summed E-state index contributed by atoms with van der Waals surface area (Å²) in [7, 11) is 2.01. The molecule has 142 valence electrons. The van der Waals surface area contributed by atoms with Gasteiger partial charge in [-0.05, 0) is 37.4 Å². The van der Waals surface area contributed by atoms with E-state index in [-0.39, 0.29) is 12.4 Å². The first-order valence-corrected chi connectivity index (χ1v) is 9.45. The van der Waals surface area contributed by atoms with Crippen LogP contribution in [-0.4, -0.2) is 41.8 Å². The van der Waals surface area contributed by atoms with Crippen LogP contribution in [0.3, 0.4) is 0 Å². The number of nitrogens with zero attached hydrogens (tertiary/aromatic N) is 2. The number of esters is 1. The Morgan fingerprint density at radius 1 is 1.14 bits per heavy atom. The van der Waals surface area contributed by atoms with Crippen LogP contribution in [0.1, 0.15) is 32.0 Å². The molecule has 0 atom stereocenters. The van der Waals surface area contributed by atoms with Gasteiger partial charge in [-0.1, -0.05) is 29.8 Å². The van der Waals surface area contributed by atoms with E-state index in [0.29, 0.717) is 22.7 Å². The van der Waals surface area contributed by atoms with Crippen LogP contribution in [0.5, 0.6) is 0 Å². The topological polar surface area (TPSA) is 59.5 Å². The number of pyridine rings is 1. The molecule has 0 radical (unpaired) electrons. The lowest BCUT2D eigenvalue weighted by Crippen LogP contribution is -2.29. The lowest BCUT2D eigenvalue weighted by atomic mass is 9.96. The predicted octanol–water partition coefficient (Wildman–Crippen LogP) is 3.92. The Bertz CT molecular complexity index is 1060. The molecule has 0 saturated heterocycles. The highest BCUT2D eigenvalue weighted by molar-refractivity contribution is 6.30. The molecule has 28 heavy (non-hydrogen) atoms. The fourth-order valence-electron chi connectivity index (χ4n) is 3.48. The van der Waals surface area contributed by atoms with Crippen molar-refractivity contribution < 1.29 is 14.3 Å². The SMILES string of the molecule is CN1CCc2nc3ccccc3c(C(=O)OCC(=O)c3ccc(Cl)cc3)c2C1. The number of benzene rings is 2. The Kier molecular flexibility index (Phi) is 5.11. The molecule has 6 heteroatoms. The van der Waals surface area contributed by atoms with E-state index < -0.39 is 5.97 Å². The molecule has 0 unspecified atom stereocenters. The minimum absolute atomic E-state index is 0.269. The maximum atomic E-state index is 13.0. The first-order valence-electron chi connectivity index (χ1n) is 9.08. The molecule has 1 aromatic heterocycles. The molecule has 2 aromatic carbocycles. The standard InChI is InChI=1S/C22H19ClN2O3/c1-25-11-10-19-17(12-25)21(16-4-2-3-5-18(16)24-19)22(27)28-13-20(26)14-6-8-15(23)9-7-14/h2-9H,10-13H2,1H3. The molecule has 0 saturated carbocycles. The van der Waals surface area contributed by atoms with Crippen LogP contribution in [0.2, 0.25) is 5.02 Å². The lowest BCUT2D eigenvalue weighted by Gasteiger charge is -2.26. The van der Waals surface area contributed by atoms with Gasteiger partial charge in [-0.2, -0.15) is 0 Å². The van der Waals surface area contributed by atoms with E-state index >= 15 is 0 Å². The number of ether oxygens (including phenoxy) is 1. The van der Waals surface area contributed by atoms with Crippen LogP contribution in [0.4, 0.5) is 0 Å². The van der Waals surface area contributed by atoms with Gasteiger partial charge in [-0.3, -0.25) is 9.78 Å². The van der Waals surface area contributed by atoms with E-state index in [0.717, 1.165) is 35.1 Å². The second-order valence-electron chi connectivity index (χ2n) is 6.92. The fraction of sp³-hybridized carbons (Fsp3) is 0.227. The van der Waals surface area contributed by atoms with Gasteiger partial charge in [0.15, 0.2) is 12.4 Å². The molecule has 0 N–H and O–H groups in total. The molecule has 0 aliphatic carbocycles. The fourth-order valence-corrected chi connectivity index (χ4v) is 3.61. The van der Waals surface area contributed by atoms with Crippen LogP contribution in [0, 0.1) is 0 Å². The van der Waals surface area contributed by atoms with Gasteiger partial charge >= 0.3 is 5.97 Å². The number of likely N-dealkylation sites (N-methyl/N-ethyl adjacent to an activating group) is 1. The molecule has 3 aromatic rings. The summed E-state index contributed by atoms with van der Waals surface area (Å²) in [4.78, 5) is 32.2. The molecular formula is C22H19ClN2O3. The van der Waals surface area contributed by atoms with Crippen LogP contribution < -0.4 is 0 Å². The highest BCUT2D eigenvalue weighted by Gasteiger charge is 2.25. The van der Waals surface area contributed by atoms with Crippen molar-refractivity contribution >= 4 is 34.3 Å².